The van der Waals surface area contributed by atoms with Gasteiger partial charge in [-0.2, -0.15) is 0 Å². The molecule has 30 heavy (non-hydrogen) atoms. The molecule has 1 unspecified atom stereocenters. The van der Waals surface area contributed by atoms with E-state index in [1.54, 1.807) is 0 Å². The van der Waals surface area contributed by atoms with Gasteiger partial charge in [0.05, 0.1) is 35.0 Å². The maximum atomic E-state index is 13.6. The smallest absolute Gasteiger partial charge is 0.293 e. The van der Waals surface area contributed by atoms with Gasteiger partial charge in [-0.05, 0) is 19.1 Å². The number of halogens is 3. The third kappa shape index (κ3) is 4.89. The van der Waals surface area contributed by atoms with Crippen LogP contribution in [0.3, 0.4) is 0 Å². The lowest BCUT2D eigenvalue weighted by molar-refractivity contribution is -0.0786. The van der Waals surface area contributed by atoms with E-state index in [9.17, 15) is 34.8 Å². The van der Waals surface area contributed by atoms with Crippen molar-refractivity contribution in [2.75, 3.05) is 11.5 Å². The Hall–Kier alpha value is -2.28. The Balaban J connectivity index is 2.68. The molecule has 8 nitrogen and oxygen atoms in total. The number of rotatable bonds is 8. The van der Waals surface area contributed by atoms with E-state index in [-0.39, 0.29) is 27.8 Å². The van der Waals surface area contributed by atoms with Gasteiger partial charge in [0.1, 0.15) is 5.69 Å². The lowest BCUT2D eigenvalue weighted by atomic mass is 10.2. The zero-order valence-corrected chi connectivity index (χ0v) is 18.0. The van der Waals surface area contributed by atoms with E-state index < -0.39 is 48.9 Å². The van der Waals surface area contributed by atoms with Crippen LogP contribution < -0.4 is 5.56 Å². The lowest BCUT2D eigenvalue weighted by Crippen LogP contribution is -2.37. The summed E-state index contributed by atoms with van der Waals surface area (Å²) in [6, 6.07) is 2.84. The molecule has 0 aromatic carbocycles. The highest BCUT2D eigenvalue weighted by Gasteiger charge is 2.37. The molecule has 0 radical (unpaired) electrons. The van der Waals surface area contributed by atoms with Crippen molar-refractivity contribution in [1.29, 1.82) is 0 Å². The molecule has 0 aliphatic heterocycles. The largest absolute Gasteiger partial charge is 0.295 e. The second kappa shape index (κ2) is 8.46. The summed E-state index contributed by atoms with van der Waals surface area (Å²) in [5, 5.41) is -0.418. The highest BCUT2D eigenvalue weighted by molar-refractivity contribution is 7.91. The Bertz CT molecular complexity index is 1210. The van der Waals surface area contributed by atoms with Crippen molar-refractivity contribution in [2.45, 2.75) is 49.3 Å². The second-order valence-electron chi connectivity index (χ2n) is 6.42. The number of sulfone groups is 2. The molecule has 0 saturated carbocycles. The number of nitrogens with zero attached hydrogens (tertiary/aromatic N) is 3. The van der Waals surface area contributed by atoms with Crippen LogP contribution in [0.4, 0.5) is 13.2 Å². The Morgan fingerprint density at radius 1 is 1.10 bits per heavy atom. The first kappa shape index (κ1) is 24.0. The molecule has 0 N–H and O–H groups in total. The van der Waals surface area contributed by atoms with Crippen LogP contribution in [0, 0.1) is 0 Å². The Morgan fingerprint density at radius 3 is 2.20 bits per heavy atom. The van der Waals surface area contributed by atoms with Gasteiger partial charge in [-0.3, -0.25) is 9.36 Å². The maximum absolute atomic E-state index is 13.6. The summed E-state index contributed by atoms with van der Waals surface area (Å²) in [6.45, 7) is 2.12. The van der Waals surface area contributed by atoms with Gasteiger partial charge in [-0.15, -0.1) is 0 Å². The summed E-state index contributed by atoms with van der Waals surface area (Å²) in [5.41, 5.74) is -1.71. The van der Waals surface area contributed by atoms with Gasteiger partial charge in [0, 0.05) is 6.07 Å². The molecule has 166 valence electrons. The van der Waals surface area contributed by atoms with Gasteiger partial charge in [0.2, 0.25) is 0 Å². The number of hydrogen-bond acceptors (Lipinski definition) is 7. The van der Waals surface area contributed by atoms with Crippen LogP contribution >= 0.6 is 0 Å². The first-order valence-electron chi connectivity index (χ1n) is 8.80. The van der Waals surface area contributed by atoms with Crippen molar-refractivity contribution in [3.05, 3.63) is 34.9 Å². The fraction of sp³-hybridized carbons (Fsp3) is 0.471. The molecule has 2 heterocycles. The molecule has 0 saturated heterocycles. The zero-order chi connectivity index (χ0) is 22.9. The van der Waals surface area contributed by atoms with Crippen LogP contribution in [-0.4, -0.2) is 55.0 Å². The summed E-state index contributed by atoms with van der Waals surface area (Å²) in [7, 11) is -7.69. The summed E-state index contributed by atoms with van der Waals surface area (Å²) < 4.78 is 89.8. The summed E-state index contributed by atoms with van der Waals surface area (Å²) in [5.74, 6) is -4.46. The number of hydrogen-bond donors (Lipinski definition) is 0. The van der Waals surface area contributed by atoms with Gasteiger partial charge >= 0.3 is 0 Å². The monoisotopic (exact) mass is 467 g/mol. The average molecular weight is 467 g/mol. The van der Waals surface area contributed by atoms with Gasteiger partial charge in [-0.1, -0.05) is 13.8 Å². The van der Waals surface area contributed by atoms with Crippen molar-refractivity contribution >= 4 is 19.7 Å². The predicted molar refractivity (Wildman–Crippen MR) is 103 cm³/mol. The summed E-state index contributed by atoms with van der Waals surface area (Å²) in [6.07, 6.45) is -1.80. The van der Waals surface area contributed by atoms with Gasteiger partial charge in [0.25, 0.3) is 11.5 Å². The molecule has 2 rings (SSSR count). The van der Waals surface area contributed by atoms with Crippen LogP contribution in [0.15, 0.2) is 39.2 Å². The minimum absolute atomic E-state index is 0.301. The molecular weight excluding hydrogens is 447 g/mol. The van der Waals surface area contributed by atoms with Gasteiger partial charge < -0.3 is 0 Å². The molecule has 0 amide bonds. The predicted octanol–water partition coefficient (Wildman–Crippen LogP) is 1.89. The maximum Gasteiger partial charge on any atom is 0.295 e. The number of alkyl halides is 3. The van der Waals surface area contributed by atoms with Crippen LogP contribution in [0.1, 0.15) is 20.8 Å². The Labute approximate surface area is 171 Å². The quantitative estimate of drug-likeness (QED) is 0.582. The fourth-order valence-corrected chi connectivity index (χ4v) is 4.20. The molecule has 1 atom stereocenters. The topological polar surface area (TPSA) is 116 Å². The highest BCUT2D eigenvalue weighted by Crippen LogP contribution is 2.27. The first-order valence-corrected chi connectivity index (χ1v) is 12.1. The van der Waals surface area contributed by atoms with E-state index >= 15 is 0 Å². The molecule has 2 aromatic rings. The normalized spacial score (nSPS) is 13.9. The standard InChI is InChI=1S/C17H20F3N3O5S2/c1-4-29(25,26)13-6-7-14(30(27,28)5-2)22-16(13)12-8-15(24)23(10-21-12)9-17(19,20)11(3)18/h6-8,10-11H,4-5,9H2,1-3H3. The average Bonchev–Trinajstić information content (AvgIpc) is 2.68. The molecule has 0 aliphatic carbocycles. The van der Waals surface area contributed by atoms with Gasteiger partial charge in [-0.25, -0.2) is 40.0 Å². The SMILES string of the molecule is CCS(=O)(=O)c1ccc(S(=O)(=O)CC)c(-c2cc(=O)n(CC(F)(F)C(C)F)cn2)n1. The Morgan fingerprint density at radius 2 is 1.70 bits per heavy atom. The van der Waals surface area contributed by atoms with E-state index in [2.05, 4.69) is 9.97 Å². The van der Waals surface area contributed by atoms with Crippen molar-refractivity contribution in [2.24, 2.45) is 0 Å². The minimum atomic E-state index is -3.88. The third-order valence-corrected chi connectivity index (χ3v) is 7.72. The van der Waals surface area contributed by atoms with Crippen LogP contribution in [0.2, 0.25) is 0 Å². The minimum Gasteiger partial charge on any atom is -0.293 e. The van der Waals surface area contributed by atoms with E-state index in [0.29, 0.717) is 17.8 Å². The molecule has 0 spiro atoms. The van der Waals surface area contributed by atoms with Crippen molar-refractivity contribution in [3.8, 4) is 11.4 Å². The van der Waals surface area contributed by atoms with Crippen molar-refractivity contribution in [1.82, 2.24) is 14.5 Å². The Kier molecular flexibility index (Phi) is 6.76. The highest BCUT2D eigenvalue weighted by atomic mass is 32.2. The van der Waals surface area contributed by atoms with Crippen LogP contribution in [-0.2, 0) is 26.2 Å². The summed E-state index contributed by atoms with van der Waals surface area (Å²) >= 11 is 0. The second-order valence-corrected chi connectivity index (χ2v) is 10.9. The third-order valence-electron chi connectivity index (χ3n) is 4.33. The van der Waals surface area contributed by atoms with E-state index in [4.69, 9.17) is 0 Å². The van der Waals surface area contributed by atoms with Crippen molar-refractivity contribution in [3.63, 3.8) is 0 Å². The van der Waals surface area contributed by atoms with Crippen LogP contribution in [0.25, 0.3) is 11.4 Å². The fourth-order valence-electron chi connectivity index (χ4n) is 2.37. The summed E-state index contributed by atoms with van der Waals surface area (Å²) in [4.78, 5) is 19.6. The molecule has 0 aliphatic rings. The van der Waals surface area contributed by atoms with Crippen molar-refractivity contribution < 1.29 is 30.0 Å². The van der Waals surface area contributed by atoms with Crippen LogP contribution in [0.5, 0.6) is 0 Å². The van der Waals surface area contributed by atoms with E-state index in [1.165, 1.54) is 13.8 Å². The molecule has 0 bridgehead atoms. The number of pyridine rings is 1. The molecular formula is C17H20F3N3O5S2. The lowest BCUT2D eigenvalue weighted by Gasteiger charge is -2.18. The van der Waals surface area contributed by atoms with E-state index in [1.807, 2.05) is 0 Å². The molecule has 2 aromatic heterocycles. The number of aromatic nitrogens is 3. The molecule has 13 heteroatoms. The molecule has 0 fully saturated rings. The first-order chi connectivity index (χ1) is 13.7. The van der Waals surface area contributed by atoms with Gasteiger partial charge in [0.15, 0.2) is 30.9 Å². The zero-order valence-electron chi connectivity index (χ0n) is 16.3. The van der Waals surface area contributed by atoms with E-state index in [0.717, 1.165) is 18.2 Å².